The van der Waals surface area contributed by atoms with Crippen LogP contribution in [-0.4, -0.2) is 35.8 Å². The minimum atomic E-state index is -0.315. The Balaban J connectivity index is 1.92. The summed E-state index contributed by atoms with van der Waals surface area (Å²) in [5.41, 5.74) is 1.72. The zero-order chi connectivity index (χ0) is 19.2. The number of ether oxygens (including phenoxy) is 1. The summed E-state index contributed by atoms with van der Waals surface area (Å²) in [6.45, 7) is 0.648. The first-order chi connectivity index (χ1) is 13.1. The highest BCUT2D eigenvalue weighted by atomic mass is 35.5. The van der Waals surface area contributed by atoms with Gasteiger partial charge >= 0.3 is 0 Å². The molecule has 144 valence electrons. The van der Waals surface area contributed by atoms with E-state index in [0.29, 0.717) is 45.1 Å². The zero-order valence-corrected chi connectivity index (χ0v) is 16.4. The van der Waals surface area contributed by atoms with Crippen LogP contribution in [0.25, 0.3) is 11.1 Å². The molecule has 3 rings (SSSR count). The molecule has 2 N–H and O–H groups in total. The second-order valence-electron chi connectivity index (χ2n) is 6.64. The lowest BCUT2D eigenvalue weighted by Gasteiger charge is -2.16. The van der Waals surface area contributed by atoms with Gasteiger partial charge < -0.3 is 15.2 Å². The molecule has 1 aromatic carbocycles. The van der Waals surface area contributed by atoms with Crippen molar-refractivity contribution >= 4 is 29.1 Å². The molecule has 0 radical (unpaired) electrons. The Morgan fingerprint density at radius 3 is 2.70 bits per heavy atom. The summed E-state index contributed by atoms with van der Waals surface area (Å²) in [5, 5.41) is 12.5. The SMILES string of the molecule is O=C(NCCO)c1cnc(OCC2CCCC2)c(-c2ccc(Cl)cc2Cl)c1. The number of hydrogen-bond acceptors (Lipinski definition) is 4. The number of benzene rings is 1. The number of nitrogens with one attached hydrogen (secondary N) is 1. The maximum absolute atomic E-state index is 12.2. The molecule has 2 aromatic rings. The van der Waals surface area contributed by atoms with Crippen molar-refractivity contribution in [2.24, 2.45) is 5.92 Å². The second kappa shape index (κ2) is 9.40. The van der Waals surface area contributed by atoms with Gasteiger partial charge in [0, 0.05) is 28.9 Å². The first kappa shape index (κ1) is 19.9. The smallest absolute Gasteiger partial charge is 0.252 e. The molecule has 1 saturated carbocycles. The highest BCUT2D eigenvalue weighted by Gasteiger charge is 2.19. The molecule has 1 heterocycles. The molecule has 1 fully saturated rings. The predicted octanol–water partition coefficient (Wildman–Crippen LogP) is 4.35. The van der Waals surface area contributed by atoms with Gasteiger partial charge in [0.1, 0.15) is 0 Å². The number of hydrogen-bond donors (Lipinski definition) is 2. The zero-order valence-electron chi connectivity index (χ0n) is 14.9. The van der Waals surface area contributed by atoms with E-state index in [1.165, 1.54) is 31.9 Å². The second-order valence-corrected chi connectivity index (χ2v) is 7.49. The fraction of sp³-hybridized carbons (Fsp3) is 0.400. The molecule has 0 saturated heterocycles. The van der Waals surface area contributed by atoms with Gasteiger partial charge in [-0.2, -0.15) is 0 Å². The van der Waals surface area contributed by atoms with Gasteiger partial charge in [0.05, 0.1) is 23.8 Å². The van der Waals surface area contributed by atoms with Crippen LogP contribution in [0.15, 0.2) is 30.5 Å². The van der Waals surface area contributed by atoms with Crippen molar-refractivity contribution < 1.29 is 14.6 Å². The van der Waals surface area contributed by atoms with Crippen LogP contribution in [0.5, 0.6) is 5.88 Å². The standard InChI is InChI=1S/C20H22Cl2N2O3/c21-15-5-6-16(18(22)10-15)17-9-14(19(26)23-7-8-25)11-24-20(17)27-12-13-3-1-2-4-13/h5-6,9-11,13,25H,1-4,7-8,12H2,(H,23,26). The molecule has 0 unspecified atom stereocenters. The highest BCUT2D eigenvalue weighted by molar-refractivity contribution is 6.36. The lowest BCUT2D eigenvalue weighted by Crippen LogP contribution is -2.26. The van der Waals surface area contributed by atoms with Crippen molar-refractivity contribution in [3.63, 3.8) is 0 Å². The van der Waals surface area contributed by atoms with E-state index in [2.05, 4.69) is 10.3 Å². The number of halogens is 2. The van der Waals surface area contributed by atoms with E-state index in [0.717, 1.165) is 0 Å². The third-order valence-electron chi connectivity index (χ3n) is 4.66. The average Bonchev–Trinajstić information content (AvgIpc) is 3.18. The summed E-state index contributed by atoms with van der Waals surface area (Å²) in [6, 6.07) is 6.89. The number of carbonyl (C=O) groups is 1. The van der Waals surface area contributed by atoms with E-state index in [9.17, 15) is 4.79 Å². The normalized spacial score (nSPS) is 14.3. The van der Waals surface area contributed by atoms with E-state index >= 15 is 0 Å². The average molecular weight is 409 g/mol. The number of carbonyl (C=O) groups excluding carboxylic acids is 1. The Labute approximate surface area is 168 Å². The molecule has 1 aliphatic rings. The van der Waals surface area contributed by atoms with Crippen molar-refractivity contribution in [2.75, 3.05) is 19.8 Å². The number of pyridine rings is 1. The van der Waals surface area contributed by atoms with Crippen molar-refractivity contribution in [3.05, 3.63) is 46.1 Å². The Hall–Kier alpha value is -1.82. The van der Waals surface area contributed by atoms with E-state index < -0.39 is 0 Å². The summed E-state index contributed by atoms with van der Waals surface area (Å²) in [6.07, 6.45) is 6.28. The van der Waals surface area contributed by atoms with Gasteiger partial charge in [-0.3, -0.25) is 4.79 Å². The molecule has 27 heavy (non-hydrogen) atoms. The third-order valence-corrected chi connectivity index (χ3v) is 5.21. The first-order valence-electron chi connectivity index (χ1n) is 9.06. The van der Waals surface area contributed by atoms with Gasteiger partial charge in [-0.1, -0.05) is 42.1 Å². The number of amides is 1. The first-order valence-corrected chi connectivity index (χ1v) is 9.81. The van der Waals surface area contributed by atoms with Crippen molar-refractivity contribution in [1.29, 1.82) is 0 Å². The lowest BCUT2D eigenvalue weighted by atomic mass is 10.0. The highest BCUT2D eigenvalue weighted by Crippen LogP contribution is 2.36. The number of aliphatic hydroxyl groups is 1. The van der Waals surface area contributed by atoms with Crippen molar-refractivity contribution in [3.8, 4) is 17.0 Å². The Bertz CT molecular complexity index is 808. The molecule has 0 aliphatic heterocycles. The molecular formula is C20H22Cl2N2O3. The van der Waals surface area contributed by atoms with Crippen LogP contribution in [0.2, 0.25) is 10.0 Å². The largest absolute Gasteiger partial charge is 0.477 e. The Kier molecular flexibility index (Phi) is 6.94. The van der Waals surface area contributed by atoms with E-state index in [1.54, 1.807) is 24.3 Å². The van der Waals surface area contributed by atoms with Gasteiger partial charge in [-0.15, -0.1) is 0 Å². The quantitative estimate of drug-likeness (QED) is 0.714. The summed E-state index contributed by atoms with van der Waals surface area (Å²) in [4.78, 5) is 16.6. The summed E-state index contributed by atoms with van der Waals surface area (Å²) >= 11 is 12.4. The predicted molar refractivity (Wildman–Crippen MR) is 107 cm³/mol. The monoisotopic (exact) mass is 408 g/mol. The van der Waals surface area contributed by atoms with Gasteiger partial charge in [-0.05, 0) is 37.0 Å². The van der Waals surface area contributed by atoms with Crippen molar-refractivity contribution in [1.82, 2.24) is 10.3 Å². The Morgan fingerprint density at radius 2 is 2.00 bits per heavy atom. The van der Waals surface area contributed by atoms with E-state index in [4.69, 9.17) is 33.0 Å². The molecular weight excluding hydrogens is 387 g/mol. The third kappa shape index (κ3) is 5.12. The van der Waals surface area contributed by atoms with Crippen LogP contribution < -0.4 is 10.1 Å². The molecule has 0 bridgehead atoms. The summed E-state index contributed by atoms with van der Waals surface area (Å²) in [5.74, 6) is 0.669. The number of nitrogens with zero attached hydrogens (tertiary/aromatic N) is 1. The van der Waals surface area contributed by atoms with Crippen LogP contribution in [0.4, 0.5) is 0 Å². The molecule has 7 heteroatoms. The minimum Gasteiger partial charge on any atom is -0.477 e. The molecule has 1 aromatic heterocycles. The van der Waals surface area contributed by atoms with Gasteiger partial charge in [0.15, 0.2) is 0 Å². The van der Waals surface area contributed by atoms with Crippen molar-refractivity contribution in [2.45, 2.75) is 25.7 Å². The molecule has 0 atom stereocenters. The van der Waals surface area contributed by atoms with Crippen LogP contribution in [-0.2, 0) is 0 Å². The van der Waals surface area contributed by atoms with Crippen LogP contribution >= 0.6 is 23.2 Å². The topological polar surface area (TPSA) is 71.5 Å². The fourth-order valence-electron chi connectivity index (χ4n) is 3.24. The van der Waals surface area contributed by atoms with Crippen LogP contribution in [0, 0.1) is 5.92 Å². The molecule has 1 aliphatic carbocycles. The number of aromatic nitrogens is 1. The van der Waals surface area contributed by atoms with Crippen LogP contribution in [0.3, 0.4) is 0 Å². The fourth-order valence-corrected chi connectivity index (χ4v) is 3.75. The Morgan fingerprint density at radius 1 is 1.22 bits per heavy atom. The summed E-state index contributed by atoms with van der Waals surface area (Å²) in [7, 11) is 0. The van der Waals surface area contributed by atoms with E-state index in [-0.39, 0.29) is 19.1 Å². The summed E-state index contributed by atoms with van der Waals surface area (Å²) < 4.78 is 6.00. The molecule has 0 spiro atoms. The lowest BCUT2D eigenvalue weighted by molar-refractivity contribution is 0.0944. The minimum absolute atomic E-state index is 0.127. The van der Waals surface area contributed by atoms with Gasteiger partial charge in [0.25, 0.3) is 5.91 Å². The maximum atomic E-state index is 12.2. The molecule has 5 nitrogen and oxygen atoms in total. The van der Waals surface area contributed by atoms with Gasteiger partial charge in [0.2, 0.25) is 5.88 Å². The number of rotatable bonds is 7. The van der Waals surface area contributed by atoms with Crippen LogP contribution in [0.1, 0.15) is 36.0 Å². The number of aliphatic hydroxyl groups excluding tert-OH is 1. The van der Waals surface area contributed by atoms with E-state index in [1.807, 2.05) is 0 Å². The molecule has 1 amide bonds. The van der Waals surface area contributed by atoms with Gasteiger partial charge in [-0.25, -0.2) is 4.98 Å². The maximum Gasteiger partial charge on any atom is 0.252 e.